The van der Waals surface area contributed by atoms with E-state index in [0.29, 0.717) is 32.1 Å². The summed E-state index contributed by atoms with van der Waals surface area (Å²) in [7, 11) is 2.94. The Bertz CT molecular complexity index is 1680. The molecule has 0 aliphatic heterocycles. The lowest BCUT2D eigenvalue weighted by Crippen LogP contribution is -2.41. The maximum Gasteiger partial charge on any atom is 0.412 e. The van der Waals surface area contributed by atoms with Crippen LogP contribution in [0.4, 0.5) is 14.9 Å². The summed E-state index contributed by atoms with van der Waals surface area (Å²) in [6.07, 6.45) is 2.98. The van der Waals surface area contributed by atoms with Crippen LogP contribution in [0.3, 0.4) is 0 Å². The number of benzene rings is 2. The van der Waals surface area contributed by atoms with Gasteiger partial charge in [-0.15, -0.1) is 11.3 Å². The number of amides is 1. The fourth-order valence-electron chi connectivity index (χ4n) is 4.04. The highest BCUT2D eigenvalue weighted by molar-refractivity contribution is 7.21. The Kier molecular flexibility index (Phi) is 7.07. The van der Waals surface area contributed by atoms with E-state index in [-0.39, 0.29) is 24.1 Å². The Morgan fingerprint density at radius 1 is 1.05 bits per heavy atom. The lowest BCUT2D eigenvalue weighted by Gasteiger charge is -2.26. The molecule has 3 aromatic heterocycles. The second-order valence-corrected chi connectivity index (χ2v) is 9.63. The summed E-state index contributed by atoms with van der Waals surface area (Å²) in [5.74, 6) is -0.221. The quantitative estimate of drug-likeness (QED) is 0.278. The molecule has 0 spiro atoms. The molecule has 200 valence electrons. The van der Waals surface area contributed by atoms with E-state index in [1.165, 1.54) is 44.0 Å². The largest absolute Gasteiger partial charge is 0.488 e. The molecule has 1 atom stereocenters. The maximum absolute atomic E-state index is 15.0. The molecule has 0 aliphatic rings. The fourth-order valence-corrected chi connectivity index (χ4v) is 5.04. The Balaban J connectivity index is 1.41. The van der Waals surface area contributed by atoms with E-state index in [9.17, 15) is 14.3 Å². The number of halogens is 1. The summed E-state index contributed by atoms with van der Waals surface area (Å²) >= 11 is 1.36. The zero-order valence-electron chi connectivity index (χ0n) is 21.4. The number of rotatable bonds is 8. The number of carbonyl (C=O) groups is 1. The molecule has 39 heavy (non-hydrogen) atoms. The molecule has 0 saturated heterocycles. The van der Waals surface area contributed by atoms with Crippen LogP contribution in [0.1, 0.15) is 12.5 Å². The number of hydrogen-bond acceptors (Lipinski definition) is 10. The lowest BCUT2D eigenvalue weighted by atomic mass is 10.1. The van der Waals surface area contributed by atoms with Crippen molar-refractivity contribution in [1.29, 1.82) is 0 Å². The van der Waals surface area contributed by atoms with Gasteiger partial charge in [-0.1, -0.05) is 0 Å². The minimum atomic E-state index is -1.23. The number of aromatic nitrogens is 5. The number of carboxylic acid groups (broad SMARTS) is 1. The van der Waals surface area contributed by atoms with Crippen molar-refractivity contribution in [3.8, 4) is 28.2 Å². The fraction of sp³-hybridized carbons (Fsp3) is 0.231. The molecule has 1 unspecified atom stereocenters. The van der Waals surface area contributed by atoms with E-state index in [0.717, 1.165) is 16.0 Å². The van der Waals surface area contributed by atoms with Crippen molar-refractivity contribution in [3.63, 3.8) is 0 Å². The molecular formula is C26H23FN6O5S. The highest BCUT2D eigenvalue weighted by Crippen LogP contribution is 2.37. The lowest BCUT2D eigenvalue weighted by molar-refractivity contribution is 0.193. The van der Waals surface area contributed by atoms with Crippen LogP contribution >= 0.6 is 11.3 Å². The molecule has 1 amide bonds. The van der Waals surface area contributed by atoms with E-state index >= 15 is 0 Å². The van der Waals surface area contributed by atoms with Gasteiger partial charge in [0.2, 0.25) is 5.88 Å². The van der Waals surface area contributed by atoms with E-state index < -0.39 is 18.0 Å². The first kappa shape index (κ1) is 26.0. The highest BCUT2D eigenvalue weighted by Gasteiger charge is 2.24. The standard InChI is InChI=1S/C26H23FN6O5S/c1-13-5-16(23-19(6-13)31-22(36-3)11-28-23)24-32-18-7-17(27)20(8-21(18)39-24)38-12-14(2)33(26(34)35)15-9-29-25(37-4)30-10-15/h5-11,14H,12H2,1-4H3,(H,34,35). The minimum absolute atomic E-state index is 0.0144. The van der Waals surface area contributed by atoms with Gasteiger partial charge in [-0.05, 0) is 31.5 Å². The Morgan fingerprint density at radius 2 is 1.82 bits per heavy atom. The molecule has 0 aliphatic carbocycles. The van der Waals surface area contributed by atoms with Gasteiger partial charge in [-0.3, -0.25) is 4.90 Å². The topological polar surface area (TPSA) is 133 Å². The predicted octanol–water partition coefficient (Wildman–Crippen LogP) is 5.11. The van der Waals surface area contributed by atoms with Crippen molar-refractivity contribution in [2.75, 3.05) is 25.7 Å². The van der Waals surface area contributed by atoms with Gasteiger partial charge in [-0.2, -0.15) is 0 Å². The molecule has 2 aromatic carbocycles. The number of hydrogen-bond donors (Lipinski definition) is 1. The van der Waals surface area contributed by atoms with Crippen molar-refractivity contribution >= 4 is 44.4 Å². The normalized spacial score (nSPS) is 11.9. The summed E-state index contributed by atoms with van der Waals surface area (Å²) < 4.78 is 31.5. The molecule has 3 heterocycles. The zero-order valence-corrected chi connectivity index (χ0v) is 22.2. The van der Waals surface area contributed by atoms with Crippen LogP contribution in [0.2, 0.25) is 0 Å². The molecule has 5 aromatic rings. The molecule has 5 rings (SSSR count). The molecule has 0 radical (unpaired) electrons. The zero-order chi connectivity index (χ0) is 27.7. The number of ether oxygens (including phenoxy) is 3. The third kappa shape index (κ3) is 5.21. The van der Waals surface area contributed by atoms with Crippen molar-refractivity contribution in [1.82, 2.24) is 24.9 Å². The molecule has 0 bridgehead atoms. The van der Waals surface area contributed by atoms with Gasteiger partial charge in [0.05, 0.1) is 65.8 Å². The first-order valence-corrected chi connectivity index (χ1v) is 12.5. The highest BCUT2D eigenvalue weighted by atomic mass is 32.1. The van der Waals surface area contributed by atoms with Crippen LogP contribution in [0.5, 0.6) is 17.6 Å². The van der Waals surface area contributed by atoms with Crippen LogP contribution in [0.25, 0.3) is 31.8 Å². The van der Waals surface area contributed by atoms with Gasteiger partial charge in [-0.25, -0.2) is 34.1 Å². The van der Waals surface area contributed by atoms with Crippen molar-refractivity contribution in [2.45, 2.75) is 19.9 Å². The van der Waals surface area contributed by atoms with Gasteiger partial charge in [0.15, 0.2) is 11.6 Å². The van der Waals surface area contributed by atoms with E-state index in [2.05, 4.69) is 24.9 Å². The second-order valence-electron chi connectivity index (χ2n) is 8.60. The first-order chi connectivity index (χ1) is 18.8. The average molecular weight is 551 g/mol. The van der Waals surface area contributed by atoms with Crippen molar-refractivity contribution in [2.24, 2.45) is 0 Å². The van der Waals surface area contributed by atoms with E-state index in [1.54, 1.807) is 19.2 Å². The van der Waals surface area contributed by atoms with Crippen molar-refractivity contribution < 1.29 is 28.5 Å². The number of aryl methyl sites for hydroxylation is 1. The van der Waals surface area contributed by atoms with Crippen molar-refractivity contribution in [3.05, 3.63) is 54.2 Å². The van der Waals surface area contributed by atoms with Gasteiger partial charge < -0.3 is 19.3 Å². The van der Waals surface area contributed by atoms with E-state index in [1.807, 2.05) is 19.1 Å². The molecule has 0 saturated carbocycles. The number of methoxy groups -OCH3 is 2. The SMILES string of the molecule is COc1cnc2c(-c3nc4cc(F)c(OCC(C)N(C(=O)O)c5cnc(OC)nc5)cc4s3)cc(C)cc2n1. The summed E-state index contributed by atoms with van der Waals surface area (Å²) in [4.78, 5) is 34.5. The number of anilines is 1. The van der Waals surface area contributed by atoms with Crippen LogP contribution in [-0.2, 0) is 0 Å². The number of fused-ring (bicyclic) bond motifs is 2. The van der Waals surface area contributed by atoms with Crippen LogP contribution in [0.15, 0.2) is 42.9 Å². The first-order valence-electron chi connectivity index (χ1n) is 11.7. The Labute approximate surface area is 225 Å². The van der Waals surface area contributed by atoms with Crippen LogP contribution in [0, 0.1) is 12.7 Å². The van der Waals surface area contributed by atoms with Gasteiger partial charge in [0.1, 0.15) is 11.6 Å². The monoisotopic (exact) mass is 550 g/mol. The summed E-state index contributed by atoms with van der Waals surface area (Å²) in [5, 5.41) is 10.4. The number of nitrogens with zero attached hydrogens (tertiary/aromatic N) is 6. The Morgan fingerprint density at radius 3 is 2.51 bits per heavy atom. The third-order valence-corrected chi connectivity index (χ3v) is 6.90. The molecular weight excluding hydrogens is 527 g/mol. The summed E-state index contributed by atoms with van der Waals surface area (Å²) in [6.45, 7) is 3.47. The summed E-state index contributed by atoms with van der Waals surface area (Å²) in [5.41, 5.74) is 3.76. The third-order valence-electron chi connectivity index (χ3n) is 5.85. The summed E-state index contributed by atoms with van der Waals surface area (Å²) in [6, 6.07) is 6.16. The average Bonchev–Trinajstić information content (AvgIpc) is 3.33. The molecule has 0 fully saturated rings. The van der Waals surface area contributed by atoms with Gasteiger partial charge >= 0.3 is 12.1 Å². The van der Waals surface area contributed by atoms with Crippen LogP contribution < -0.4 is 19.1 Å². The maximum atomic E-state index is 15.0. The number of thiazole rings is 1. The van der Waals surface area contributed by atoms with E-state index in [4.69, 9.17) is 14.2 Å². The van der Waals surface area contributed by atoms with Crippen LogP contribution in [-0.4, -0.2) is 63.0 Å². The van der Waals surface area contributed by atoms with Gasteiger partial charge in [0, 0.05) is 17.7 Å². The minimum Gasteiger partial charge on any atom is -0.488 e. The molecule has 1 N–H and O–H groups in total. The van der Waals surface area contributed by atoms with Gasteiger partial charge in [0.25, 0.3) is 0 Å². The molecule has 11 nitrogen and oxygen atoms in total. The Hall–Kier alpha value is -4.65. The predicted molar refractivity (Wildman–Crippen MR) is 143 cm³/mol. The smallest absolute Gasteiger partial charge is 0.412 e. The molecule has 13 heteroatoms. The second kappa shape index (κ2) is 10.6.